The molecule has 2 aromatic carbocycles. The van der Waals surface area contributed by atoms with Crippen molar-refractivity contribution in [1.82, 2.24) is 0 Å². The van der Waals surface area contributed by atoms with E-state index in [-0.39, 0.29) is 22.8 Å². The summed E-state index contributed by atoms with van der Waals surface area (Å²) in [5.74, 6) is -1.47. The van der Waals surface area contributed by atoms with Gasteiger partial charge < -0.3 is 20.3 Å². The average Bonchev–Trinajstić information content (AvgIpc) is 3.17. The third-order valence-corrected chi connectivity index (χ3v) is 4.58. The lowest BCUT2D eigenvalue weighted by Crippen LogP contribution is -2.27. The van der Waals surface area contributed by atoms with Gasteiger partial charge in [0, 0.05) is 26.1 Å². The maximum atomic E-state index is 12.3. The van der Waals surface area contributed by atoms with Crippen molar-refractivity contribution < 1.29 is 24.0 Å². The van der Waals surface area contributed by atoms with Gasteiger partial charge in [0.25, 0.3) is 11.6 Å². The van der Waals surface area contributed by atoms with Crippen LogP contribution in [0, 0.1) is 10.1 Å². The van der Waals surface area contributed by atoms with Crippen LogP contribution in [0.3, 0.4) is 0 Å². The number of esters is 1. The molecule has 3 rings (SSSR count). The lowest BCUT2D eigenvalue weighted by atomic mass is 10.1. The van der Waals surface area contributed by atoms with Gasteiger partial charge in [-0.05, 0) is 30.7 Å². The molecule has 0 atom stereocenters. The highest BCUT2D eigenvalue weighted by atomic mass is 16.6. The molecule has 2 N–H and O–H groups in total. The number of nitrogens with zero attached hydrogens (tertiary/aromatic N) is 2. The predicted molar refractivity (Wildman–Crippen MR) is 110 cm³/mol. The third-order valence-electron chi connectivity index (χ3n) is 4.58. The zero-order chi connectivity index (χ0) is 21.7. The van der Waals surface area contributed by atoms with Gasteiger partial charge in [0.15, 0.2) is 6.61 Å². The highest BCUT2D eigenvalue weighted by Gasteiger charge is 2.24. The average molecular weight is 412 g/mol. The topological polar surface area (TPSA) is 131 Å². The zero-order valence-corrected chi connectivity index (χ0v) is 16.2. The molecule has 156 valence electrons. The number of carbonyl (C=O) groups is 3. The van der Waals surface area contributed by atoms with Crippen LogP contribution in [0.2, 0.25) is 0 Å². The number of nitro groups is 1. The van der Waals surface area contributed by atoms with Gasteiger partial charge in [-0.25, -0.2) is 4.79 Å². The number of benzene rings is 2. The van der Waals surface area contributed by atoms with E-state index in [1.165, 1.54) is 19.2 Å². The fourth-order valence-corrected chi connectivity index (χ4v) is 3.14. The fraction of sp³-hybridized carbons (Fsp3) is 0.250. The molecule has 0 aliphatic carbocycles. The Bertz CT molecular complexity index is 1010. The Morgan fingerprint density at radius 3 is 2.63 bits per heavy atom. The summed E-state index contributed by atoms with van der Waals surface area (Å²) in [6.07, 6.45) is 1.20. The predicted octanol–water partition coefficient (Wildman–Crippen LogP) is 2.56. The van der Waals surface area contributed by atoms with Gasteiger partial charge in [0.05, 0.1) is 21.9 Å². The second-order valence-electron chi connectivity index (χ2n) is 6.53. The van der Waals surface area contributed by atoms with E-state index in [2.05, 4.69) is 10.6 Å². The summed E-state index contributed by atoms with van der Waals surface area (Å²) in [6.45, 7) is -0.00914. The first kappa shape index (κ1) is 20.8. The maximum absolute atomic E-state index is 12.3. The third kappa shape index (κ3) is 4.54. The number of amides is 2. The quantitative estimate of drug-likeness (QED) is 0.406. The lowest BCUT2D eigenvalue weighted by Gasteiger charge is -2.19. The molecule has 1 aliphatic heterocycles. The summed E-state index contributed by atoms with van der Waals surface area (Å²) < 4.78 is 4.98. The number of nitro benzene ring substituents is 1. The molecule has 0 aromatic heterocycles. The molecule has 2 amide bonds. The minimum absolute atomic E-state index is 0.0188. The molecule has 2 aromatic rings. The molecule has 1 saturated heterocycles. The SMILES string of the molecule is CNc1ccc(C(=O)OCC(=O)Nc2ccccc2N2CCCC2=O)cc1[N+](=O)[O-]. The summed E-state index contributed by atoms with van der Waals surface area (Å²) in [7, 11) is 1.53. The number of hydrogen-bond donors (Lipinski definition) is 2. The van der Waals surface area contributed by atoms with E-state index in [1.54, 1.807) is 29.2 Å². The number of hydrogen-bond acceptors (Lipinski definition) is 7. The standard InChI is InChI=1S/C20H20N4O6/c1-21-14-9-8-13(11-17(14)24(28)29)20(27)30-12-18(25)22-15-5-2-3-6-16(15)23-10-4-7-19(23)26/h2-3,5-6,8-9,11,21H,4,7,10,12H2,1H3,(H,22,25). The summed E-state index contributed by atoms with van der Waals surface area (Å²) in [6, 6.07) is 10.7. The number of anilines is 3. The molecule has 30 heavy (non-hydrogen) atoms. The van der Waals surface area contributed by atoms with Gasteiger partial charge in [-0.15, -0.1) is 0 Å². The smallest absolute Gasteiger partial charge is 0.338 e. The van der Waals surface area contributed by atoms with Crippen molar-refractivity contribution in [3.05, 3.63) is 58.1 Å². The van der Waals surface area contributed by atoms with Crippen molar-refractivity contribution in [1.29, 1.82) is 0 Å². The highest BCUT2D eigenvalue weighted by Crippen LogP contribution is 2.29. The van der Waals surface area contributed by atoms with Crippen LogP contribution >= 0.6 is 0 Å². The Hall–Kier alpha value is -3.95. The summed E-state index contributed by atoms with van der Waals surface area (Å²) >= 11 is 0. The molecule has 0 spiro atoms. The first-order chi connectivity index (χ1) is 14.4. The van der Waals surface area contributed by atoms with Crippen LogP contribution in [0.25, 0.3) is 0 Å². The molecule has 0 unspecified atom stereocenters. The van der Waals surface area contributed by atoms with E-state index < -0.39 is 23.4 Å². The zero-order valence-electron chi connectivity index (χ0n) is 16.2. The van der Waals surface area contributed by atoms with E-state index in [1.807, 2.05) is 0 Å². The first-order valence-electron chi connectivity index (χ1n) is 9.23. The van der Waals surface area contributed by atoms with Gasteiger partial charge in [-0.2, -0.15) is 0 Å². The van der Waals surface area contributed by atoms with Crippen LogP contribution in [-0.2, 0) is 14.3 Å². The highest BCUT2D eigenvalue weighted by molar-refractivity contribution is 6.03. The van der Waals surface area contributed by atoms with Gasteiger partial charge in [0.2, 0.25) is 5.91 Å². The maximum Gasteiger partial charge on any atom is 0.338 e. The molecular weight excluding hydrogens is 392 g/mol. The van der Waals surface area contributed by atoms with Gasteiger partial charge >= 0.3 is 5.97 Å². The number of ether oxygens (including phenoxy) is 1. The van der Waals surface area contributed by atoms with Crippen molar-refractivity contribution in [2.24, 2.45) is 0 Å². The largest absolute Gasteiger partial charge is 0.452 e. The Morgan fingerprint density at radius 1 is 1.20 bits per heavy atom. The lowest BCUT2D eigenvalue weighted by molar-refractivity contribution is -0.384. The van der Waals surface area contributed by atoms with Gasteiger partial charge in [-0.1, -0.05) is 12.1 Å². The van der Waals surface area contributed by atoms with E-state index in [0.717, 1.165) is 12.5 Å². The Balaban J connectivity index is 1.64. The molecule has 1 aliphatic rings. The van der Waals surface area contributed by atoms with Crippen LogP contribution in [0.15, 0.2) is 42.5 Å². The van der Waals surface area contributed by atoms with Crippen molar-refractivity contribution in [2.75, 3.05) is 35.7 Å². The van der Waals surface area contributed by atoms with Crippen molar-refractivity contribution in [2.45, 2.75) is 12.8 Å². The van der Waals surface area contributed by atoms with Crippen LogP contribution < -0.4 is 15.5 Å². The second kappa shape index (κ2) is 9.03. The van der Waals surface area contributed by atoms with E-state index in [0.29, 0.717) is 24.3 Å². The molecular formula is C20H20N4O6. The summed E-state index contributed by atoms with van der Waals surface area (Å²) in [4.78, 5) is 48.5. The minimum Gasteiger partial charge on any atom is -0.452 e. The number of carbonyl (C=O) groups excluding carboxylic acids is 3. The molecule has 0 radical (unpaired) electrons. The Morgan fingerprint density at radius 2 is 1.97 bits per heavy atom. The van der Waals surface area contributed by atoms with Crippen LogP contribution in [-0.4, -0.2) is 42.9 Å². The van der Waals surface area contributed by atoms with Crippen LogP contribution in [0.4, 0.5) is 22.7 Å². The molecule has 1 fully saturated rings. The minimum atomic E-state index is -0.862. The number of para-hydroxylation sites is 2. The number of nitrogens with one attached hydrogen (secondary N) is 2. The summed E-state index contributed by atoms with van der Waals surface area (Å²) in [5, 5.41) is 16.4. The van der Waals surface area contributed by atoms with E-state index in [4.69, 9.17) is 4.74 Å². The Kier molecular flexibility index (Phi) is 6.26. The van der Waals surface area contributed by atoms with Gasteiger partial charge in [-0.3, -0.25) is 19.7 Å². The monoisotopic (exact) mass is 412 g/mol. The molecule has 10 nitrogen and oxygen atoms in total. The van der Waals surface area contributed by atoms with Gasteiger partial charge in [0.1, 0.15) is 5.69 Å². The normalized spacial score (nSPS) is 13.1. The van der Waals surface area contributed by atoms with Crippen molar-refractivity contribution >= 4 is 40.5 Å². The molecule has 10 heteroatoms. The summed E-state index contributed by atoms with van der Waals surface area (Å²) in [5.41, 5.74) is 0.945. The molecule has 0 bridgehead atoms. The number of rotatable bonds is 7. The molecule has 1 heterocycles. The molecule has 0 saturated carbocycles. The Labute approximate surface area is 172 Å². The fourth-order valence-electron chi connectivity index (χ4n) is 3.14. The van der Waals surface area contributed by atoms with E-state index in [9.17, 15) is 24.5 Å². The van der Waals surface area contributed by atoms with Crippen LogP contribution in [0.5, 0.6) is 0 Å². The van der Waals surface area contributed by atoms with Crippen LogP contribution in [0.1, 0.15) is 23.2 Å². The first-order valence-corrected chi connectivity index (χ1v) is 9.23. The van der Waals surface area contributed by atoms with Crippen molar-refractivity contribution in [3.8, 4) is 0 Å². The second-order valence-corrected chi connectivity index (χ2v) is 6.53. The van der Waals surface area contributed by atoms with E-state index >= 15 is 0 Å². The van der Waals surface area contributed by atoms with Crippen molar-refractivity contribution in [3.63, 3.8) is 0 Å².